The summed E-state index contributed by atoms with van der Waals surface area (Å²) in [5, 5.41) is 9.05. The predicted octanol–water partition coefficient (Wildman–Crippen LogP) is 4.71. The van der Waals surface area contributed by atoms with Crippen molar-refractivity contribution in [3.05, 3.63) is 58.8 Å². The molecular weight excluding hydrogens is 400 g/mol. The zero-order valence-electron chi connectivity index (χ0n) is 19.5. The van der Waals surface area contributed by atoms with Crippen molar-refractivity contribution >= 4 is 0 Å². The van der Waals surface area contributed by atoms with Crippen molar-refractivity contribution < 1.29 is 4.52 Å². The van der Waals surface area contributed by atoms with Crippen LogP contribution in [0.15, 0.2) is 35.4 Å². The molecule has 0 radical (unpaired) electrons. The van der Waals surface area contributed by atoms with Gasteiger partial charge in [-0.3, -0.25) is 4.68 Å². The fourth-order valence-electron chi connectivity index (χ4n) is 4.88. The molecule has 0 aliphatic heterocycles. The third-order valence-corrected chi connectivity index (χ3v) is 6.73. The Hall–Kier alpha value is -3.22. The highest BCUT2D eigenvalue weighted by Gasteiger charge is 2.32. The van der Waals surface area contributed by atoms with Gasteiger partial charge in [-0.2, -0.15) is 10.1 Å². The Morgan fingerprint density at radius 3 is 2.66 bits per heavy atom. The van der Waals surface area contributed by atoms with Gasteiger partial charge in [0.05, 0.1) is 6.33 Å². The van der Waals surface area contributed by atoms with Crippen molar-refractivity contribution in [2.45, 2.75) is 59.9 Å². The number of fused-ring (bicyclic) bond motifs is 1. The lowest BCUT2D eigenvalue weighted by molar-refractivity contribution is 0.306. The standard InChI is InChI=1S/C25H30N6O/c1-16-12-18(13-17(2)19(16)7-10-31-11-9-26-15-31)23-27-24(32-29-23)22-20-6-8-25(3,4)14-21(20)30(5)28-22/h9,11-13,15H,6-8,10,14H2,1-5H3. The molecule has 0 bridgehead atoms. The van der Waals surface area contributed by atoms with Gasteiger partial charge in [0.25, 0.3) is 5.89 Å². The minimum Gasteiger partial charge on any atom is -0.337 e. The van der Waals surface area contributed by atoms with Crippen molar-refractivity contribution in [1.82, 2.24) is 29.5 Å². The lowest BCUT2D eigenvalue weighted by Crippen LogP contribution is -2.23. The Morgan fingerprint density at radius 2 is 1.94 bits per heavy atom. The van der Waals surface area contributed by atoms with Crippen LogP contribution in [-0.4, -0.2) is 29.5 Å². The van der Waals surface area contributed by atoms with E-state index in [9.17, 15) is 0 Å². The molecule has 0 amide bonds. The Labute approximate surface area is 188 Å². The van der Waals surface area contributed by atoms with Crippen LogP contribution in [0.25, 0.3) is 23.0 Å². The van der Waals surface area contributed by atoms with E-state index in [1.54, 1.807) is 0 Å². The summed E-state index contributed by atoms with van der Waals surface area (Å²) < 4.78 is 9.78. The Balaban J connectivity index is 1.42. The number of nitrogens with zero attached hydrogens (tertiary/aromatic N) is 6. The first-order chi connectivity index (χ1) is 15.3. The maximum absolute atomic E-state index is 5.70. The lowest BCUT2D eigenvalue weighted by atomic mass is 9.76. The van der Waals surface area contributed by atoms with Gasteiger partial charge in [-0.25, -0.2) is 4.98 Å². The molecule has 0 spiro atoms. The molecule has 1 aliphatic rings. The molecule has 1 aromatic carbocycles. The maximum atomic E-state index is 5.70. The number of aryl methyl sites for hydroxylation is 4. The highest BCUT2D eigenvalue weighted by molar-refractivity contribution is 5.63. The smallest absolute Gasteiger partial charge is 0.279 e. The Morgan fingerprint density at radius 1 is 1.16 bits per heavy atom. The van der Waals surface area contributed by atoms with Crippen LogP contribution in [0, 0.1) is 19.3 Å². The van der Waals surface area contributed by atoms with Crippen molar-refractivity contribution in [3.8, 4) is 23.0 Å². The van der Waals surface area contributed by atoms with Crippen molar-refractivity contribution in [1.29, 1.82) is 0 Å². The highest BCUT2D eigenvalue weighted by Crippen LogP contribution is 2.38. The molecule has 166 valence electrons. The molecule has 0 saturated carbocycles. The largest absolute Gasteiger partial charge is 0.337 e. The molecule has 7 nitrogen and oxygen atoms in total. The first-order valence-corrected chi connectivity index (χ1v) is 11.3. The minimum absolute atomic E-state index is 0.298. The van der Waals surface area contributed by atoms with Crippen LogP contribution in [0.4, 0.5) is 0 Å². The number of benzene rings is 1. The topological polar surface area (TPSA) is 74.6 Å². The van der Waals surface area contributed by atoms with Crippen molar-refractivity contribution in [2.24, 2.45) is 12.5 Å². The van der Waals surface area contributed by atoms with Gasteiger partial charge in [-0.1, -0.05) is 19.0 Å². The molecule has 0 saturated heterocycles. The van der Waals surface area contributed by atoms with Crippen molar-refractivity contribution in [3.63, 3.8) is 0 Å². The average Bonchev–Trinajstić information content (AvgIpc) is 3.47. The first-order valence-electron chi connectivity index (χ1n) is 11.3. The van der Waals surface area contributed by atoms with Gasteiger partial charge >= 0.3 is 0 Å². The van der Waals surface area contributed by atoms with Gasteiger partial charge in [0.1, 0.15) is 0 Å². The fourth-order valence-corrected chi connectivity index (χ4v) is 4.88. The highest BCUT2D eigenvalue weighted by atomic mass is 16.5. The van der Waals surface area contributed by atoms with Crippen LogP contribution in [-0.2, 0) is 32.9 Å². The fraction of sp³-hybridized carbons (Fsp3) is 0.440. The second-order valence-corrected chi connectivity index (χ2v) is 9.80. The van der Waals surface area contributed by atoms with Gasteiger partial charge in [-0.05, 0) is 73.8 Å². The van der Waals surface area contributed by atoms with Crippen molar-refractivity contribution in [2.75, 3.05) is 0 Å². The van der Waals surface area contributed by atoms with Gasteiger partial charge < -0.3 is 9.09 Å². The van der Waals surface area contributed by atoms with E-state index in [2.05, 4.69) is 54.5 Å². The number of hydrogen-bond acceptors (Lipinski definition) is 5. The number of aromatic nitrogens is 6. The first kappa shape index (κ1) is 20.7. The minimum atomic E-state index is 0.298. The third kappa shape index (κ3) is 3.76. The number of imidazole rings is 1. The quantitative estimate of drug-likeness (QED) is 0.458. The average molecular weight is 431 g/mol. The third-order valence-electron chi connectivity index (χ3n) is 6.73. The molecule has 0 N–H and O–H groups in total. The van der Waals surface area contributed by atoms with Gasteiger partial charge in [0.15, 0.2) is 5.69 Å². The Bertz CT molecular complexity index is 1240. The van der Waals surface area contributed by atoms with Gasteiger partial charge in [0, 0.05) is 42.8 Å². The van der Waals surface area contributed by atoms with E-state index >= 15 is 0 Å². The SMILES string of the molecule is Cc1cc(-c2noc(-c3nn(C)c4c3CCC(C)(C)C4)n2)cc(C)c1CCn1ccnc1. The van der Waals surface area contributed by atoms with Crippen LogP contribution < -0.4 is 0 Å². The van der Waals surface area contributed by atoms with Crippen LogP contribution >= 0.6 is 0 Å². The summed E-state index contributed by atoms with van der Waals surface area (Å²) in [5.41, 5.74) is 8.48. The molecule has 0 unspecified atom stereocenters. The maximum Gasteiger partial charge on any atom is 0.279 e. The normalized spacial score (nSPS) is 15.2. The molecular formula is C25H30N6O. The zero-order valence-corrected chi connectivity index (χ0v) is 19.5. The number of hydrogen-bond donors (Lipinski definition) is 0. The van der Waals surface area contributed by atoms with Crippen LogP contribution in [0.5, 0.6) is 0 Å². The van der Waals surface area contributed by atoms with E-state index in [1.165, 1.54) is 27.9 Å². The zero-order chi connectivity index (χ0) is 22.5. The summed E-state index contributed by atoms with van der Waals surface area (Å²) >= 11 is 0. The molecule has 0 fully saturated rings. The molecule has 32 heavy (non-hydrogen) atoms. The molecule has 3 heterocycles. The number of rotatable bonds is 5. The lowest BCUT2D eigenvalue weighted by Gasteiger charge is -2.29. The molecule has 1 aliphatic carbocycles. The molecule has 0 atom stereocenters. The summed E-state index contributed by atoms with van der Waals surface area (Å²) in [6.45, 7) is 9.85. The second-order valence-electron chi connectivity index (χ2n) is 9.80. The summed E-state index contributed by atoms with van der Waals surface area (Å²) in [5.74, 6) is 1.12. The van der Waals surface area contributed by atoms with Crippen LogP contribution in [0.1, 0.15) is 48.2 Å². The second kappa shape index (κ2) is 7.73. The summed E-state index contributed by atoms with van der Waals surface area (Å²) in [7, 11) is 2.01. The summed E-state index contributed by atoms with van der Waals surface area (Å²) in [4.78, 5) is 8.87. The summed E-state index contributed by atoms with van der Waals surface area (Å²) in [6.07, 6.45) is 9.78. The van der Waals surface area contributed by atoms with Crippen LogP contribution in [0.2, 0.25) is 0 Å². The molecule has 3 aromatic heterocycles. The molecule has 4 aromatic rings. The monoisotopic (exact) mass is 430 g/mol. The predicted molar refractivity (Wildman–Crippen MR) is 123 cm³/mol. The van der Waals surface area contributed by atoms with E-state index in [0.29, 0.717) is 17.1 Å². The van der Waals surface area contributed by atoms with E-state index in [4.69, 9.17) is 14.6 Å². The van der Waals surface area contributed by atoms with Gasteiger partial charge in [-0.15, -0.1) is 0 Å². The Kier molecular flexibility index (Phi) is 4.99. The van der Waals surface area contributed by atoms with E-state index in [1.807, 2.05) is 30.5 Å². The van der Waals surface area contributed by atoms with Gasteiger partial charge in [0.2, 0.25) is 5.82 Å². The molecule has 7 heteroatoms. The van der Waals surface area contributed by atoms with Crippen LogP contribution in [0.3, 0.4) is 0 Å². The van der Waals surface area contributed by atoms with E-state index in [0.717, 1.165) is 43.5 Å². The van der Waals surface area contributed by atoms with E-state index in [-0.39, 0.29) is 0 Å². The summed E-state index contributed by atoms with van der Waals surface area (Å²) in [6, 6.07) is 4.31. The van der Waals surface area contributed by atoms with E-state index < -0.39 is 0 Å². The molecule has 5 rings (SSSR count).